The maximum absolute atomic E-state index is 12.6. The number of carboxylic acid groups (broad SMARTS) is 1. The van der Waals surface area contributed by atoms with Crippen LogP contribution in [0.3, 0.4) is 0 Å². The summed E-state index contributed by atoms with van der Waals surface area (Å²) >= 11 is 0. The lowest BCUT2D eigenvalue weighted by Crippen LogP contribution is -2.41. The van der Waals surface area contributed by atoms with E-state index in [4.69, 9.17) is 0 Å². The van der Waals surface area contributed by atoms with Crippen LogP contribution in [-0.4, -0.2) is 32.7 Å². The number of benzene rings is 2. The summed E-state index contributed by atoms with van der Waals surface area (Å²) in [6.45, 7) is 0. The fourth-order valence-electron chi connectivity index (χ4n) is 2.71. The lowest BCUT2D eigenvalue weighted by Gasteiger charge is -2.14. The predicted molar refractivity (Wildman–Crippen MR) is 93.3 cm³/mol. The topological polar surface area (TPSA) is 91.6 Å². The molecule has 0 fully saturated rings. The summed E-state index contributed by atoms with van der Waals surface area (Å²) in [4.78, 5) is 24.0. The zero-order valence-electron chi connectivity index (χ0n) is 13.5. The first kappa shape index (κ1) is 16.6. The summed E-state index contributed by atoms with van der Waals surface area (Å²) in [5.74, 6) is -1.62. The summed E-state index contributed by atoms with van der Waals surface area (Å²) in [5.41, 5.74) is 1.65. The number of hydrogen-bond acceptors (Lipinski definition) is 3. The number of aliphatic carboxylic acids is 1. The van der Waals surface area contributed by atoms with Crippen LogP contribution in [0.5, 0.6) is 5.75 Å². The molecule has 0 aliphatic carbocycles. The Balaban J connectivity index is 1.86. The summed E-state index contributed by atoms with van der Waals surface area (Å²) in [6, 6.07) is 14.3. The Morgan fingerprint density at radius 3 is 2.48 bits per heavy atom. The minimum Gasteiger partial charge on any atom is -0.507 e. The molecule has 3 aromatic rings. The smallest absolute Gasteiger partial charge is 0.326 e. The van der Waals surface area contributed by atoms with Crippen LogP contribution in [0.1, 0.15) is 16.1 Å². The molecule has 6 nitrogen and oxygen atoms in total. The van der Waals surface area contributed by atoms with Gasteiger partial charge in [-0.25, -0.2) is 4.79 Å². The molecule has 0 saturated heterocycles. The molecule has 3 rings (SSSR count). The van der Waals surface area contributed by atoms with Crippen molar-refractivity contribution in [3.8, 4) is 5.75 Å². The van der Waals surface area contributed by atoms with E-state index in [2.05, 4.69) is 5.32 Å². The highest BCUT2D eigenvalue weighted by atomic mass is 16.4. The Morgan fingerprint density at radius 2 is 1.84 bits per heavy atom. The van der Waals surface area contributed by atoms with Crippen LogP contribution < -0.4 is 5.32 Å². The molecular weight excluding hydrogens is 320 g/mol. The molecule has 0 unspecified atom stereocenters. The van der Waals surface area contributed by atoms with Gasteiger partial charge in [0.05, 0.1) is 5.52 Å². The summed E-state index contributed by atoms with van der Waals surface area (Å²) in [7, 11) is 1.69. The first-order valence-corrected chi connectivity index (χ1v) is 7.68. The zero-order valence-corrected chi connectivity index (χ0v) is 13.5. The number of phenols is 1. The van der Waals surface area contributed by atoms with Crippen molar-refractivity contribution in [2.75, 3.05) is 0 Å². The number of nitrogens with one attached hydrogen (secondary N) is 1. The third kappa shape index (κ3) is 3.33. The number of aromatic hydroxyl groups is 1. The number of rotatable bonds is 5. The van der Waals surface area contributed by atoms with E-state index in [9.17, 15) is 19.8 Å². The molecule has 0 aliphatic rings. The van der Waals surface area contributed by atoms with E-state index in [0.29, 0.717) is 16.5 Å². The third-order valence-corrected chi connectivity index (χ3v) is 4.01. The molecule has 1 heterocycles. The van der Waals surface area contributed by atoms with Crippen LogP contribution in [-0.2, 0) is 11.8 Å². The second-order valence-electron chi connectivity index (χ2n) is 5.67. The van der Waals surface area contributed by atoms with Gasteiger partial charge in [-0.15, -0.1) is 0 Å². The van der Waals surface area contributed by atoms with E-state index in [1.54, 1.807) is 54.1 Å². The molecule has 0 spiro atoms. The molecule has 0 bridgehead atoms. The summed E-state index contributed by atoms with van der Waals surface area (Å²) < 4.78 is 1.62. The van der Waals surface area contributed by atoms with Crippen LogP contribution in [0, 0.1) is 6.42 Å². The molecule has 0 aliphatic heterocycles. The Bertz CT molecular complexity index is 931. The highest BCUT2D eigenvalue weighted by molar-refractivity contribution is 6.01. The van der Waals surface area contributed by atoms with Crippen molar-refractivity contribution in [2.24, 2.45) is 7.05 Å². The number of hydrogen-bond donors (Lipinski definition) is 3. The van der Waals surface area contributed by atoms with Gasteiger partial charge in [0.25, 0.3) is 5.91 Å². The van der Waals surface area contributed by atoms with Crippen LogP contribution in [0.4, 0.5) is 0 Å². The molecule has 1 atom stereocenters. The minimum atomic E-state index is -1.17. The molecule has 1 aromatic heterocycles. The number of aryl methyl sites for hydroxylation is 1. The normalized spacial score (nSPS) is 12.0. The van der Waals surface area contributed by atoms with E-state index in [0.717, 1.165) is 0 Å². The molecule has 127 valence electrons. The van der Waals surface area contributed by atoms with E-state index in [-0.39, 0.29) is 11.4 Å². The zero-order chi connectivity index (χ0) is 18.0. The third-order valence-electron chi connectivity index (χ3n) is 4.01. The van der Waals surface area contributed by atoms with Crippen molar-refractivity contribution in [3.63, 3.8) is 0 Å². The van der Waals surface area contributed by atoms with Crippen molar-refractivity contribution < 1.29 is 19.8 Å². The highest BCUT2D eigenvalue weighted by Crippen LogP contribution is 2.27. The number of fused-ring (bicyclic) bond motifs is 1. The molecule has 6 heteroatoms. The number of nitrogens with zero attached hydrogens (tertiary/aromatic N) is 1. The monoisotopic (exact) mass is 337 g/mol. The van der Waals surface area contributed by atoms with Gasteiger partial charge in [0.15, 0.2) is 0 Å². The van der Waals surface area contributed by atoms with Gasteiger partial charge < -0.3 is 20.1 Å². The Kier molecular flexibility index (Phi) is 4.43. The molecule has 1 amide bonds. The Morgan fingerprint density at radius 1 is 1.12 bits per heavy atom. The number of amides is 1. The number of aromatic nitrogens is 1. The molecular formula is C19H17N2O4. The van der Waals surface area contributed by atoms with E-state index in [1.165, 1.54) is 12.5 Å². The van der Waals surface area contributed by atoms with E-state index >= 15 is 0 Å². The highest BCUT2D eigenvalue weighted by Gasteiger charge is 2.23. The van der Waals surface area contributed by atoms with Gasteiger partial charge in [0, 0.05) is 18.9 Å². The van der Waals surface area contributed by atoms with Crippen molar-refractivity contribution >= 4 is 22.8 Å². The van der Waals surface area contributed by atoms with Crippen molar-refractivity contribution in [2.45, 2.75) is 6.04 Å². The number of carboxylic acids is 1. The average Bonchev–Trinajstić information content (AvgIpc) is 2.94. The van der Waals surface area contributed by atoms with Crippen LogP contribution in [0.25, 0.3) is 10.9 Å². The molecule has 3 N–H and O–H groups in total. The molecule has 2 aromatic carbocycles. The minimum absolute atomic E-state index is 0.0674. The quantitative estimate of drug-likeness (QED) is 0.666. The SMILES string of the molecule is Cn1c(C(=O)N[C@@H]([CH]c2ccccc2)C(=O)O)cc2c(O)cccc21. The van der Waals surface area contributed by atoms with Crippen molar-refractivity contribution in [3.05, 3.63) is 72.3 Å². The van der Waals surface area contributed by atoms with E-state index in [1.807, 2.05) is 6.07 Å². The Hall–Kier alpha value is -3.28. The first-order chi connectivity index (χ1) is 12.0. The van der Waals surface area contributed by atoms with Crippen LogP contribution >= 0.6 is 0 Å². The summed E-state index contributed by atoms with van der Waals surface area (Å²) in [6.07, 6.45) is 1.47. The number of carbonyl (C=O) groups excluding carboxylic acids is 1. The van der Waals surface area contributed by atoms with Gasteiger partial charge >= 0.3 is 5.97 Å². The van der Waals surface area contributed by atoms with Crippen LogP contribution in [0.15, 0.2) is 54.6 Å². The maximum Gasteiger partial charge on any atom is 0.326 e. The fraction of sp³-hybridized carbons (Fsp3) is 0.105. The van der Waals surface area contributed by atoms with Gasteiger partial charge in [-0.2, -0.15) is 0 Å². The summed E-state index contributed by atoms with van der Waals surface area (Å²) in [5, 5.41) is 22.3. The lowest BCUT2D eigenvalue weighted by atomic mass is 10.1. The number of carbonyl (C=O) groups is 2. The van der Waals surface area contributed by atoms with E-state index < -0.39 is 17.9 Å². The van der Waals surface area contributed by atoms with Crippen molar-refractivity contribution in [1.29, 1.82) is 0 Å². The first-order valence-electron chi connectivity index (χ1n) is 7.68. The second kappa shape index (κ2) is 6.68. The molecule has 1 radical (unpaired) electrons. The van der Waals surface area contributed by atoms with Gasteiger partial charge in [0.2, 0.25) is 0 Å². The van der Waals surface area contributed by atoms with Gasteiger partial charge in [0.1, 0.15) is 17.5 Å². The van der Waals surface area contributed by atoms with Gasteiger partial charge in [-0.1, -0.05) is 36.4 Å². The maximum atomic E-state index is 12.6. The predicted octanol–water partition coefficient (Wildman–Crippen LogP) is 2.32. The van der Waals surface area contributed by atoms with Gasteiger partial charge in [-0.3, -0.25) is 4.79 Å². The Labute approximate surface area is 144 Å². The van der Waals surface area contributed by atoms with Crippen molar-refractivity contribution in [1.82, 2.24) is 9.88 Å². The lowest BCUT2D eigenvalue weighted by molar-refractivity contribution is -0.138. The van der Waals surface area contributed by atoms with Gasteiger partial charge in [-0.05, 0) is 23.8 Å². The molecule has 25 heavy (non-hydrogen) atoms. The largest absolute Gasteiger partial charge is 0.507 e. The fourth-order valence-corrected chi connectivity index (χ4v) is 2.71. The average molecular weight is 337 g/mol. The molecule has 0 saturated carbocycles. The number of phenolic OH excluding ortho intramolecular Hbond substituents is 1. The second-order valence-corrected chi connectivity index (χ2v) is 5.67. The standard InChI is InChI=1S/C19H17N2O4/c1-21-15-8-5-9-17(22)13(15)11-16(21)18(23)20-14(19(24)25)10-12-6-3-2-4-7-12/h2-11,14,22H,1H3,(H,20,23)(H,24,25)/t14-/m0/s1. The van der Waals surface area contributed by atoms with Crippen LogP contribution in [0.2, 0.25) is 0 Å².